The Labute approximate surface area is 112 Å². The molecule has 2 aliphatic rings. The summed E-state index contributed by atoms with van der Waals surface area (Å²) in [4.78, 5) is 6.88. The van der Waals surface area contributed by atoms with E-state index in [2.05, 4.69) is 21.0 Å². The molecule has 0 bridgehead atoms. The molecule has 1 aliphatic carbocycles. The first-order valence-electron chi connectivity index (χ1n) is 7.16. The van der Waals surface area contributed by atoms with E-state index >= 15 is 0 Å². The van der Waals surface area contributed by atoms with Crippen LogP contribution in [0.1, 0.15) is 37.3 Å². The minimum Gasteiger partial charge on any atom is -0.353 e. The Balaban J connectivity index is 1.75. The molecular formula is C14H19N5. The molecule has 2 fully saturated rings. The first-order chi connectivity index (χ1) is 9.31. The average molecular weight is 257 g/mol. The first kappa shape index (κ1) is 11.2. The number of rotatable bonds is 2. The van der Waals surface area contributed by atoms with Crippen molar-refractivity contribution in [3.05, 3.63) is 24.2 Å². The Hall–Kier alpha value is -1.62. The second kappa shape index (κ2) is 4.20. The second-order valence-corrected chi connectivity index (χ2v) is 5.77. The van der Waals surface area contributed by atoms with E-state index < -0.39 is 0 Å². The molecule has 19 heavy (non-hydrogen) atoms. The van der Waals surface area contributed by atoms with Crippen molar-refractivity contribution in [3.63, 3.8) is 0 Å². The standard InChI is InChI=1S/C14H19N5/c15-11-2-1-6-18(9-11)14-13-8-12(10-3-4-10)17-19(13)7-5-16-14/h5,7-8,10-11H,1-4,6,9,15H2. The summed E-state index contributed by atoms with van der Waals surface area (Å²) in [7, 11) is 0. The van der Waals surface area contributed by atoms with E-state index in [9.17, 15) is 0 Å². The van der Waals surface area contributed by atoms with Crippen LogP contribution in [0.3, 0.4) is 0 Å². The number of fused-ring (bicyclic) bond motifs is 1. The number of aromatic nitrogens is 3. The van der Waals surface area contributed by atoms with Crippen LogP contribution in [0.2, 0.25) is 0 Å². The molecule has 2 aromatic heterocycles. The van der Waals surface area contributed by atoms with Crippen molar-refractivity contribution >= 4 is 11.3 Å². The number of nitrogens with two attached hydrogens (primary N) is 1. The van der Waals surface area contributed by atoms with E-state index in [1.165, 1.54) is 18.5 Å². The lowest BCUT2D eigenvalue weighted by Crippen LogP contribution is -2.43. The lowest BCUT2D eigenvalue weighted by molar-refractivity contribution is 0.503. The second-order valence-electron chi connectivity index (χ2n) is 5.77. The summed E-state index contributed by atoms with van der Waals surface area (Å²) in [6.07, 6.45) is 8.60. The highest BCUT2D eigenvalue weighted by Gasteiger charge is 2.27. The third kappa shape index (κ3) is 1.98. The maximum atomic E-state index is 6.08. The molecule has 2 aromatic rings. The molecule has 4 rings (SSSR count). The van der Waals surface area contributed by atoms with Gasteiger partial charge in [-0.2, -0.15) is 5.10 Å². The summed E-state index contributed by atoms with van der Waals surface area (Å²) >= 11 is 0. The van der Waals surface area contributed by atoms with Crippen LogP contribution in [0.4, 0.5) is 5.82 Å². The van der Waals surface area contributed by atoms with E-state index in [0.29, 0.717) is 5.92 Å². The van der Waals surface area contributed by atoms with Gasteiger partial charge < -0.3 is 10.6 Å². The van der Waals surface area contributed by atoms with E-state index in [-0.39, 0.29) is 6.04 Å². The molecular weight excluding hydrogens is 238 g/mol. The van der Waals surface area contributed by atoms with Gasteiger partial charge in [0.2, 0.25) is 0 Å². The van der Waals surface area contributed by atoms with Gasteiger partial charge in [-0.3, -0.25) is 0 Å². The van der Waals surface area contributed by atoms with Crippen molar-refractivity contribution in [1.82, 2.24) is 14.6 Å². The summed E-state index contributed by atoms with van der Waals surface area (Å²) in [5.74, 6) is 1.72. The van der Waals surface area contributed by atoms with Crippen LogP contribution in [0.25, 0.3) is 5.52 Å². The van der Waals surface area contributed by atoms with Crippen molar-refractivity contribution in [2.24, 2.45) is 5.73 Å². The molecule has 1 atom stereocenters. The van der Waals surface area contributed by atoms with Gasteiger partial charge in [-0.15, -0.1) is 0 Å². The number of nitrogens with zero attached hydrogens (tertiary/aromatic N) is 4. The minimum atomic E-state index is 0.265. The van der Waals surface area contributed by atoms with Crippen molar-refractivity contribution in [2.75, 3.05) is 18.0 Å². The Morgan fingerprint density at radius 3 is 2.95 bits per heavy atom. The van der Waals surface area contributed by atoms with Crippen LogP contribution in [-0.2, 0) is 0 Å². The lowest BCUT2D eigenvalue weighted by Gasteiger charge is -2.31. The Morgan fingerprint density at radius 1 is 1.26 bits per heavy atom. The average Bonchev–Trinajstić information content (AvgIpc) is 3.17. The van der Waals surface area contributed by atoms with Gasteiger partial charge in [-0.25, -0.2) is 9.50 Å². The fraction of sp³-hybridized carbons (Fsp3) is 0.571. The Bertz CT molecular complexity index is 601. The van der Waals surface area contributed by atoms with Crippen molar-refractivity contribution in [1.29, 1.82) is 0 Å². The lowest BCUT2D eigenvalue weighted by atomic mass is 10.1. The van der Waals surface area contributed by atoms with Gasteiger partial charge in [-0.1, -0.05) is 0 Å². The predicted molar refractivity (Wildman–Crippen MR) is 74.4 cm³/mol. The molecule has 0 aromatic carbocycles. The van der Waals surface area contributed by atoms with E-state index in [0.717, 1.165) is 37.3 Å². The highest BCUT2D eigenvalue weighted by Crippen LogP contribution is 2.40. The summed E-state index contributed by atoms with van der Waals surface area (Å²) in [6.45, 7) is 1.95. The van der Waals surface area contributed by atoms with Gasteiger partial charge >= 0.3 is 0 Å². The summed E-state index contributed by atoms with van der Waals surface area (Å²) in [5.41, 5.74) is 8.42. The SMILES string of the molecule is NC1CCCN(c2nccn3nc(C4CC4)cc23)C1. The number of hydrogen-bond acceptors (Lipinski definition) is 4. The van der Waals surface area contributed by atoms with E-state index in [1.807, 2.05) is 16.9 Å². The molecule has 2 N–H and O–H groups in total. The van der Waals surface area contributed by atoms with Gasteiger partial charge in [0.25, 0.3) is 0 Å². The molecule has 0 radical (unpaired) electrons. The van der Waals surface area contributed by atoms with Crippen LogP contribution in [-0.4, -0.2) is 33.7 Å². The predicted octanol–water partition coefficient (Wildman–Crippen LogP) is 1.53. The largest absolute Gasteiger partial charge is 0.353 e. The Morgan fingerprint density at radius 2 is 2.16 bits per heavy atom. The number of hydrogen-bond donors (Lipinski definition) is 1. The zero-order chi connectivity index (χ0) is 12.8. The molecule has 1 aliphatic heterocycles. The van der Waals surface area contributed by atoms with Crippen LogP contribution < -0.4 is 10.6 Å². The molecule has 5 nitrogen and oxygen atoms in total. The molecule has 5 heteroatoms. The third-order valence-electron chi connectivity index (χ3n) is 4.14. The van der Waals surface area contributed by atoms with E-state index in [1.54, 1.807) is 0 Å². The molecule has 100 valence electrons. The molecule has 0 spiro atoms. The molecule has 1 saturated carbocycles. The molecule has 0 amide bonds. The number of piperidine rings is 1. The molecule has 1 unspecified atom stereocenters. The first-order valence-corrected chi connectivity index (χ1v) is 7.16. The quantitative estimate of drug-likeness (QED) is 0.886. The molecule has 3 heterocycles. The van der Waals surface area contributed by atoms with Crippen molar-refractivity contribution in [3.8, 4) is 0 Å². The van der Waals surface area contributed by atoms with E-state index in [4.69, 9.17) is 5.73 Å². The number of anilines is 1. The summed E-state index contributed by atoms with van der Waals surface area (Å²) in [6, 6.07) is 2.47. The normalized spacial score (nSPS) is 24.1. The minimum absolute atomic E-state index is 0.265. The monoisotopic (exact) mass is 257 g/mol. The fourth-order valence-electron chi connectivity index (χ4n) is 2.95. The van der Waals surface area contributed by atoms with Gasteiger partial charge in [0.1, 0.15) is 5.52 Å². The van der Waals surface area contributed by atoms with Gasteiger partial charge in [0, 0.05) is 37.4 Å². The summed E-state index contributed by atoms with van der Waals surface area (Å²) in [5, 5.41) is 4.67. The van der Waals surface area contributed by atoms with Gasteiger partial charge in [0.15, 0.2) is 5.82 Å². The van der Waals surface area contributed by atoms with Crippen LogP contribution in [0, 0.1) is 0 Å². The maximum Gasteiger partial charge on any atom is 0.154 e. The van der Waals surface area contributed by atoms with Crippen molar-refractivity contribution < 1.29 is 0 Å². The van der Waals surface area contributed by atoms with Crippen LogP contribution in [0.15, 0.2) is 18.5 Å². The topological polar surface area (TPSA) is 59.5 Å². The third-order valence-corrected chi connectivity index (χ3v) is 4.14. The van der Waals surface area contributed by atoms with Crippen LogP contribution >= 0.6 is 0 Å². The van der Waals surface area contributed by atoms with Gasteiger partial charge in [-0.05, 0) is 31.7 Å². The van der Waals surface area contributed by atoms with Crippen LogP contribution in [0.5, 0.6) is 0 Å². The molecule has 1 saturated heterocycles. The van der Waals surface area contributed by atoms with Gasteiger partial charge in [0.05, 0.1) is 5.69 Å². The Kier molecular flexibility index (Phi) is 2.48. The highest BCUT2D eigenvalue weighted by molar-refractivity contribution is 5.69. The maximum absolute atomic E-state index is 6.08. The summed E-state index contributed by atoms with van der Waals surface area (Å²) < 4.78 is 1.97. The zero-order valence-electron chi connectivity index (χ0n) is 11.0. The zero-order valence-corrected chi connectivity index (χ0v) is 11.0. The highest BCUT2D eigenvalue weighted by atomic mass is 15.3. The fourth-order valence-corrected chi connectivity index (χ4v) is 2.95. The van der Waals surface area contributed by atoms with Crippen molar-refractivity contribution in [2.45, 2.75) is 37.6 Å². The smallest absolute Gasteiger partial charge is 0.154 e.